The normalized spacial score (nSPS) is 13.4. The van der Waals surface area contributed by atoms with Crippen LogP contribution < -0.4 is 5.32 Å². The van der Waals surface area contributed by atoms with Crippen LogP contribution in [0.4, 0.5) is 0 Å². The van der Waals surface area contributed by atoms with Gasteiger partial charge in [0, 0.05) is 7.11 Å². The molecule has 1 aromatic carbocycles. The molecule has 5 nitrogen and oxygen atoms in total. The smallest absolute Gasteiger partial charge is 0.328 e. The first kappa shape index (κ1) is 15.2. The van der Waals surface area contributed by atoms with Crippen LogP contribution in [0.1, 0.15) is 25.5 Å². The summed E-state index contributed by atoms with van der Waals surface area (Å²) >= 11 is 0. The number of carbonyl (C=O) groups excluding carboxylic acids is 2. The summed E-state index contributed by atoms with van der Waals surface area (Å²) in [5.74, 6) is -0.826. The van der Waals surface area contributed by atoms with Crippen molar-refractivity contribution in [2.45, 2.75) is 26.0 Å². The molecular formula is C14H19NO4. The molecule has 0 radical (unpaired) electrons. The Hall–Kier alpha value is -1.88. The molecule has 0 aliphatic carbocycles. The number of hydrogen-bond donors (Lipinski definition) is 1. The molecule has 1 rings (SSSR count). The van der Waals surface area contributed by atoms with Gasteiger partial charge in [0.05, 0.1) is 6.61 Å². The minimum Gasteiger partial charge on any atom is -0.464 e. The fraction of sp³-hybridized carbons (Fsp3) is 0.429. The van der Waals surface area contributed by atoms with Crippen molar-refractivity contribution in [2.24, 2.45) is 0 Å². The first-order valence-electron chi connectivity index (χ1n) is 6.14. The summed E-state index contributed by atoms with van der Waals surface area (Å²) in [5, 5.41) is 2.58. The van der Waals surface area contributed by atoms with E-state index in [-0.39, 0.29) is 12.5 Å². The van der Waals surface area contributed by atoms with E-state index in [1.807, 2.05) is 18.2 Å². The summed E-state index contributed by atoms with van der Waals surface area (Å²) in [7, 11) is 1.45. The zero-order valence-electron chi connectivity index (χ0n) is 11.4. The van der Waals surface area contributed by atoms with Gasteiger partial charge in [-0.25, -0.2) is 4.79 Å². The number of ether oxygens (including phenoxy) is 2. The van der Waals surface area contributed by atoms with Crippen LogP contribution in [0.2, 0.25) is 0 Å². The summed E-state index contributed by atoms with van der Waals surface area (Å²) in [6.45, 7) is 3.58. The van der Waals surface area contributed by atoms with Gasteiger partial charge in [0.15, 0.2) is 6.10 Å². The van der Waals surface area contributed by atoms with E-state index < -0.39 is 18.1 Å². The summed E-state index contributed by atoms with van der Waals surface area (Å²) < 4.78 is 10.0. The Labute approximate surface area is 112 Å². The largest absolute Gasteiger partial charge is 0.464 e. The van der Waals surface area contributed by atoms with E-state index in [1.165, 1.54) is 7.11 Å². The third-order valence-corrected chi connectivity index (χ3v) is 2.58. The molecule has 0 spiro atoms. The molecule has 104 valence electrons. The van der Waals surface area contributed by atoms with Gasteiger partial charge >= 0.3 is 5.97 Å². The molecule has 0 aliphatic heterocycles. The molecule has 2 atom stereocenters. The molecule has 1 amide bonds. The van der Waals surface area contributed by atoms with Crippen LogP contribution in [0.15, 0.2) is 30.3 Å². The maximum atomic E-state index is 12.0. The Balaban J connectivity index is 2.68. The van der Waals surface area contributed by atoms with Crippen LogP contribution in [0.25, 0.3) is 0 Å². The first-order chi connectivity index (χ1) is 9.10. The van der Waals surface area contributed by atoms with Crippen LogP contribution >= 0.6 is 0 Å². The molecule has 0 unspecified atom stereocenters. The predicted molar refractivity (Wildman–Crippen MR) is 70.4 cm³/mol. The van der Waals surface area contributed by atoms with Crippen LogP contribution in [0.3, 0.4) is 0 Å². The quantitative estimate of drug-likeness (QED) is 0.790. The Morgan fingerprint density at radius 1 is 1.26 bits per heavy atom. The third kappa shape index (κ3) is 4.37. The average Bonchev–Trinajstić information content (AvgIpc) is 2.41. The maximum absolute atomic E-state index is 12.0. The summed E-state index contributed by atoms with van der Waals surface area (Å²) in [4.78, 5) is 23.5. The van der Waals surface area contributed by atoms with E-state index in [4.69, 9.17) is 9.47 Å². The van der Waals surface area contributed by atoms with Crippen LogP contribution in [0, 0.1) is 0 Å². The average molecular weight is 265 g/mol. The molecule has 19 heavy (non-hydrogen) atoms. The lowest BCUT2D eigenvalue weighted by Crippen LogP contribution is -2.42. The fourth-order valence-electron chi connectivity index (χ4n) is 1.64. The standard InChI is InChI=1S/C14H19NO4/c1-4-19-14(17)10(2)15-13(16)12(18-3)11-8-6-5-7-9-11/h5-10,12H,4H2,1-3H3,(H,15,16)/t10-,12+/m1/s1. The van der Waals surface area contributed by atoms with Gasteiger partial charge in [-0.05, 0) is 19.4 Å². The Bertz CT molecular complexity index is 419. The van der Waals surface area contributed by atoms with Crippen LogP contribution in [0.5, 0.6) is 0 Å². The second-order valence-electron chi connectivity index (χ2n) is 4.01. The highest BCUT2D eigenvalue weighted by atomic mass is 16.5. The van der Waals surface area contributed by atoms with Gasteiger partial charge < -0.3 is 14.8 Å². The summed E-state index contributed by atoms with van der Waals surface area (Å²) in [5.41, 5.74) is 0.735. The van der Waals surface area contributed by atoms with Gasteiger partial charge in [-0.1, -0.05) is 30.3 Å². The highest BCUT2D eigenvalue weighted by Crippen LogP contribution is 2.16. The first-order valence-corrected chi connectivity index (χ1v) is 6.14. The lowest BCUT2D eigenvalue weighted by atomic mass is 10.1. The number of rotatable bonds is 6. The molecule has 1 N–H and O–H groups in total. The van der Waals surface area contributed by atoms with Gasteiger partial charge in [-0.15, -0.1) is 0 Å². The molecule has 0 saturated carbocycles. The van der Waals surface area contributed by atoms with Crippen molar-refractivity contribution < 1.29 is 19.1 Å². The van der Waals surface area contributed by atoms with Crippen LogP contribution in [-0.4, -0.2) is 31.6 Å². The second-order valence-corrected chi connectivity index (χ2v) is 4.01. The zero-order valence-corrected chi connectivity index (χ0v) is 11.4. The third-order valence-electron chi connectivity index (χ3n) is 2.58. The lowest BCUT2D eigenvalue weighted by molar-refractivity contribution is -0.148. The van der Waals surface area contributed by atoms with E-state index in [1.54, 1.807) is 26.0 Å². The van der Waals surface area contributed by atoms with Gasteiger partial charge in [0.1, 0.15) is 6.04 Å². The topological polar surface area (TPSA) is 64.6 Å². The van der Waals surface area contributed by atoms with E-state index in [2.05, 4.69) is 5.32 Å². The number of nitrogens with one attached hydrogen (secondary N) is 1. The highest BCUT2D eigenvalue weighted by Gasteiger charge is 2.24. The van der Waals surface area contributed by atoms with Crippen molar-refractivity contribution in [3.05, 3.63) is 35.9 Å². The monoisotopic (exact) mass is 265 g/mol. The number of methoxy groups -OCH3 is 1. The number of esters is 1. The minimum absolute atomic E-state index is 0.283. The second kappa shape index (κ2) is 7.53. The Morgan fingerprint density at radius 3 is 2.42 bits per heavy atom. The number of hydrogen-bond acceptors (Lipinski definition) is 4. The lowest BCUT2D eigenvalue weighted by Gasteiger charge is -2.18. The van der Waals surface area contributed by atoms with E-state index >= 15 is 0 Å². The maximum Gasteiger partial charge on any atom is 0.328 e. The molecule has 0 bridgehead atoms. The molecule has 1 aromatic rings. The molecule has 0 saturated heterocycles. The highest BCUT2D eigenvalue weighted by molar-refractivity contribution is 5.87. The molecule has 0 aromatic heterocycles. The predicted octanol–water partition coefficient (Wildman–Crippen LogP) is 1.44. The number of amides is 1. The molecule has 0 fully saturated rings. The van der Waals surface area contributed by atoms with Gasteiger partial charge in [0.2, 0.25) is 0 Å². The van der Waals surface area contributed by atoms with Crippen molar-refractivity contribution >= 4 is 11.9 Å². The SMILES string of the molecule is CCOC(=O)[C@@H](C)NC(=O)[C@@H](OC)c1ccccc1. The Morgan fingerprint density at radius 2 is 1.89 bits per heavy atom. The van der Waals surface area contributed by atoms with Gasteiger partial charge in [0.25, 0.3) is 5.91 Å². The van der Waals surface area contributed by atoms with Crippen molar-refractivity contribution in [2.75, 3.05) is 13.7 Å². The minimum atomic E-state index is -0.738. The van der Waals surface area contributed by atoms with E-state index in [9.17, 15) is 9.59 Å². The summed E-state index contributed by atoms with van der Waals surface area (Å²) in [6, 6.07) is 8.39. The van der Waals surface area contributed by atoms with Crippen molar-refractivity contribution in [1.82, 2.24) is 5.32 Å². The Kier molecular flexibility index (Phi) is 6.02. The summed E-state index contributed by atoms with van der Waals surface area (Å²) in [6.07, 6.45) is -0.738. The fourth-order valence-corrected chi connectivity index (χ4v) is 1.64. The zero-order chi connectivity index (χ0) is 14.3. The van der Waals surface area contributed by atoms with Gasteiger partial charge in [-0.2, -0.15) is 0 Å². The van der Waals surface area contributed by atoms with Crippen molar-refractivity contribution in [1.29, 1.82) is 0 Å². The van der Waals surface area contributed by atoms with Gasteiger partial charge in [-0.3, -0.25) is 4.79 Å². The van der Waals surface area contributed by atoms with Crippen molar-refractivity contribution in [3.63, 3.8) is 0 Å². The molecule has 0 aliphatic rings. The van der Waals surface area contributed by atoms with E-state index in [0.29, 0.717) is 0 Å². The van der Waals surface area contributed by atoms with E-state index in [0.717, 1.165) is 5.56 Å². The number of carbonyl (C=O) groups is 2. The van der Waals surface area contributed by atoms with Crippen molar-refractivity contribution in [3.8, 4) is 0 Å². The number of benzene rings is 1. The molecule has 0 heterocycles. The molecular weight excluding hydrogens is 246 g/mol. The molecule has 5 heteroatoms. The van der Waals surface area contributed by atoms with Crippen LogP contribution in [-0.2, 0) is 19.1 Å².